The number of nitrogens with one attached hydrogen (secondary N) is 2. The molecule has 1 atom stereocenters. The zero-order valence-electron chi connectivity index (χ0n) is 11.8. The van der Waals surface area contributed by atoms with Crippen LogP contribution in [-0.4, -0.2) is 30.5 Å². The minimum Gasteiger partial charge on any atom is -0.359 e. The molecule has 1 aliphatic heterocycles. The van der Waals surface area contributed by atoms with E-state index in [1.807, 2.05) is 4.90 Å². The monoisotopic (exact) mass is 293 g/mol. The lowest BCUT2D eigenvalue weighted by atomic mass is 10.00. The number of anilines is 2. The minimum atomic E-state index is -0.469. The van der Waals surface area contributed by atoms with Crippen molar-refractivity contribution in [2.45, 2.75) is 25.3 Å². The molecule has 1 amide bonds. The molecule has 0 bridgehead atoms. The fourth-order valence-corrected chi connectivity index (χ4v) is 2.63. The number of likely N-dealkylation sites (N-methyl/N-ethyl adjacent to an activating group) is 1. The van der Waals surface area contributed by atoms with E-state index >= 15 is 0 Å². The highest BCUT2D eigenvalue weighted by Crippen LogP contribution is 2.31. The fraction of sp³-hybridized carbons (Fsp3) is 0.462. The number of amides is 1. The molecule has 1 saturated heterocycles. The smallest absolute Gasteiger partial charge is 0.273 e. The average molecular weight is 293 g/mol. The van der Waals surface area contributed by atoms with Gasteiger partial charge in [0.2, 0.25) is 5.91 Å². The van der Waals surface area contributed by atoms with Gasteiger partial charge in [0.15, 0.2) is 0 Å². The van der Waals surface area contributed by atoms with Crippen LogP contribution < -0.4 is 21.5 Å². The maximum absolute atomic E-state index is 12.0. The van der Waals surface area contributed by atoms with Crippen molar-refractivity contribution in [2.24, 2.45) is 5.84 Å². The molecule has 2 rings (SSSR count). The Balaban J connectivity index is 2.39. The number of nitro benzene ring substituents is 1. The second-order valence-electron chi connectivity index (χ2n) is 4.96. The maximum atomic E-state index is 12.0. The van der Waals surface area contributed by atoms with Crippen molar-refractivity contribution in [2.75, 3.05) is 23.9 Å². The molecule has 8 nitrogen and oxygen atoms in total. The van der Waals surface area contributed by atoms with E-state index in [1.165, 1.54) is 12.1 Å². The van der Waals surface area contributed by atoms with Crippen molar-refractivity contribution in [3.8, 4) is 0 Å². The van der Waals surface area contributed by atoms with Crippen LogP contribution in [0.1, 0.15) is 19.3 Å². The normalized spacial score (nSPS) is 18.2. The maximum Gasteiger partial charge on any atom is 0.273 e. The lowest BCUT2D eigenvalue weighted by molar-refractivity contribution is -0.384. The number of carbonyl (C=O) groups is 1. The van der Waals surface area contributed by atoms with Crippen molar-refractivity contribution in [3.05, 3.63) is 28.3 Å². The second-order valence-corrected chi connectivity index (χ2v) is 4.96. The number of carbonyl (C=O) groups excluding carboxylic acids is 1. The van der Waals surface area contributed by atoms with Gasteiger partial charge in [-0.2, -0.15) is 0 Å². The number of nitro groups is 1. The van der Waals surface area contributed by atoms with Crippen LogP contribution in [0.3, 0.4) is 0 Å². The van der Waals surface area contributed by atoms with Gasteiger partial charge in [-0.3, -0.25) is 20.8 Å². The number of piperidine rings is 1. The fourth-order valence-electron chi connectivity index (χ4n) is 2.63. The van der Waals surface area contributed by atoms with Gasteiger partial charge in [-0.15, -0.1) is 0 Å². The van der Waals surface area contributed by atoms with E-state index in [0.29, 0.717) is 17.9 Å². The first-order chi connectivity index (χ1) is 10.1. The number of non-ortho nitro benzene ring substituents is 1. The van der Waals surface area contributed by atoms with Gasteiger partial charge < -0.3 is 15.6 Å². The first kappa shape index (κ1) is 15.0. The molecular formula is C13H19N5O3. The second kappa shape index (κ2) is 6.40. The van der Waals surface area contributed by atoms with E-state index in [4.69, 9.17) is 5.84 Å². The summed E-state index contributed by atoms with van der Waals surface area (Å²) in [6, 6.07) is 4.25. The minimum absolute atomic E-state index is 0.0540. The van der Waals surface area contributed by atoms with E-state index in [2.05, 4.69) is 10.7 Å². The zero-order chi connectivity index (χ0) is 15.4. The molecule has 1 fully saturated rings. The molecule has 4 N–H and O–H groups in total. The molecule has 1 aromatic carbocycles. The van der Waals surface area contributed by atoms with Crippen LogP contribution in [0.4, 0.5) is 17.1 Å². The van der Waals surface area contributed by atoms with Crippen molar-refractivity contribution >= 4 is 23.0 Å². The van der Waals surface area contributed by atoms with Crippen molar-refractivity contribution in [3.63, 3.8) is 0 Å². The van der Waals surface area contributed by atoms with Gasteiger partial charge in [0.05, 0.1) is 10.6 Å². The van der Waals surface area contributed by atoms with Crippen molar-refractivity contribution < 1.29 is 9.72 Å². The van der Waals surface area contributed by atoms with Crippen LogP contribution in [0.15, 0.2) is 18.2 Å². The molecule has 0 radical (unpaired) electrons. The van der Waals surface area contributed by atoms with E-state index in [1.54, 1.807) is 13.1 Å². The Morgan fingerprint density at radius 1 is 1.43 bits per heavy atom. The third-order valence-electron chi connectivity index (χ3n) is 3.66. The number of hydrazine groups is 1. The lowest BCUT2D eigenvalue weighted by Crippen LogP contribution is -2.48. The zero-order valence-corrected chi connectivity index (χ0v) is 11.8. The molecule has 8 heteroatoms. The topological polar surface area (TPSA) is 114 Å². The Hall–Kier alpha value is -2.35. The van der Waals surface area contributed by atoms with Gasteiger partial charge in [0, 0.05) is 31.4 Å². The van der Waals surface area contributed by atoms with Crippen molar-refractivity contribution in [1.82, 2.24) is 5.32 Å². The third-order valence-corrected chi connectivity index (χ3v) is 3.66. The number of nitrogens with two attached hydrogens (primary N) is 1. The predicted octanol–water partition coefficient (Wildman–Crippen LogP) is 0.985. The largest absolute Gasteiger partial charge is 0.359 e. The highest BCUT2D eigenvalue weighted by Gasteiger charge is 2.29. The van der Waals surface area contributed by atoms with Gasteiger partial charge in [-0.05, 0) is 25.3 Å². The van der Waals surface area contributed by atoms with Crippen LogP contribution >= 0.6 is 0 Å². The lowest BCUT2D eigenvalue weighted by Gasteiger charge is -2.36. The Morgan fingerprint density at radius 3 is 2.81 bits per heavy atom. The summed E-state index contributed by atoms with van der Waals surface area (Å²) in [5.41, 5.74) is 3.45. The Kier molecular flexibility index (Phi) is 4.59. The summed E-state index contributed by atoms with van der Waals surface area (Å²) in [7, 11) is 1.59. The van der Waals surface area contributed by atoms with Crippen LogP contribution in [-0.2, 0) is 4.79 Å². The van der Waals surface area contributed by atoms with Gasteiger partial charge in [0.1, 0.15) is 6.04 Å². The predicted molar refractivity (Wildman–Crippen MR) is 80.0 cm³/mol. The third kappa shape index (κ3) is 3.22. The van der Waals surface area contributed by atoms with Gasteiger partial charge in [-0.1, -0.05) is 0 Å². The summed E-state index contributed by atoms with van der Waals surface area (Å²) < 4.78 is 0. The quantitative estimate of drug-likeness (QED) is 0.433. The van der Waals surface area contributed by atoms with Gasteiger partial charge >= 0.3 is 0 Å². The summed E-state index contributed by atoms with van der Waals surface area (Å²) in [4.78, 5) is 24.4. The van der Waals surface area contributed by atoms with Crippen molar-refractivity contribution in [1.29, 1.82) is 0 Å². The van der Waals surface area contributed by atoms with E-state index in [-0.39, 0.29) is 17.6 Å². The molecular weight excluding hydrogens is 274 g/mol. The Labute approximate surface area is 122 Å². The molecule has 1 unspecified atom stereocenters. The number of benzene rings is 1. The summed E-state index contributed by atoms with van der Waals surface area (Å²) in [5, 5.41) is 13.7. The molecule has 1 heterocycles. The summed E-state index contributed by atoms with van der Waals surface area (Å²) in [6.45, 7) is 0.684. The first-order valence-electron chi connectivity index (χ1n) is 6.81. The molecule has 0 aromatic heterocycles. The van der Waals surface area contributed by atoms with Crippen LogP contribution in [0.2, 0.25) is 0 Å². The number of nitrogen functional groups attached to an aromatic ring is 1. The highest BCUT2D eigenvalue weighted by atomic mass is 16.6. The Morgan fingerprint density at radius 2 is 2.19 bits per heavy atom. The SMILES string of the molecule is CNC(=O)C1CCCCN1c1cc(NN)cc([N+](=O)[O-])c1. The first-order valence-corrected chi connectivity index (χ1v) is 6.81. The van der Waals surface area contributed by atoms with E-state index in [9.17, 15) is 14.9 Å². The molecule has 1 aliphatic rings. The molecule has 0 saturated carbocycles. The van der Waals surface area contributed by atoms with E-state index in [0.717, 1.165) is 19.3 Å². The van der Waals surface area contributed by atoms with Gasteiger partial charge in [0.25, 0.3) is 5.69 Å². The van der Waals surface area contributed by atoms with Crippen LogP contribution in [0.5, 0.6) is 0 Å². The highest BCUT2D eigenvalue weighted by molar-refractivity contribution is 5.85. The molecule has 0 aliphatic carbocycles. The number of rotatable bonds is 4. The summed E-state index contributed by atoms with van der Waals surface area (Å²) >= 11 is 0. The molecule has 114 valence electrons. The summed E-state index contributed by atoms with van der Waals surface area (Å²) in [6.07, 6.45) is 2.64. The van der Waals surface area contributed by atoms with Gasteiger partial charge in [-0.25, -0.2) is 0 Å². The molecule has 0 spiro atoms. The van der Waals surface area contributed by atoms with E-state index < -0.39 is 4.92 Å². The van der Waals surface area contributed by atoms with Crippen LogP contribution in [0.25, 0.3) is 0 Å². The Bertz CT molecular complexity index is 549. The molecule has 1 aromatic rings. The van der Waals surface area contributed by atoms with Crippen LogP contribution in [0, 0.1) is 10.1 Å². The number of hydrogen-bond acceptors (Lipinski definition) is 6. The average Bonchev–Trinajstić information content (AvgIpc) is 2.53. The molecule has 21 heavy (non-hydrogen) atoms. The standard InChI is InChI=1S/C13H19N5O3/c1-15-13(19)12-4-2-3-5-17(12)10-6-9(16-14)7-11(8-10)18(20)21/h6-8,12,16H,2-5,14H2,1H3,(H,15,19). The number of hydrogen-bond donors (Lipinski definition) is 3. The number of nitrogens with zero attached hydrogens (tertiary/aromatic N) is 2. The summed E-state index contributed by atoms with van der Waals surface area (Å²) in [5.74, 6) is 5.29.